The van der Waals surface area contributed by atoms with Crippen LogP contribution < -0.4 is 16.2 Å². The highest BCUT2D eigenvalue weighted by molar-refractivity contribution is 7.99. The average molecular weight is 407 g/mol. The zero-order chi connectivity index (χ0) is 20.6. The summed E-state index contributed by atoms with van der Waals surface area (Å²) in [7, 11) is 0. The van der Waals surface area contributed by atoms with Crippen LogP contribution in [0.2, 0.25) is 0 Å². The molecule has 2 amide bonds. The zero-order valence-corrected chi connectivity index (χ0v) is 17.0. The molecule has 0 radical (unpaired) electrons. The maximum Gasteiger partial charge on any atom is 0.272 e. The van der Waals surface area contributed by atoms with Gasteiger partial charge in [0.15, 0.2) is 0 Å². The molecule has 0 aliphatic carbocycles. The van der Waals surface area contributed by atoms with Crippen LogP contribution in [0.4, 0.5) is 5.69 Å². The van der Waals surface area contributed by atoms with Gasteiger partial charge in [0.25, 0.3) is 11.8 Å². The monoisotopic (exact) mass is 406 g/mol. The lowest BCUT2D eigenvalue weighted by molar-refractivity contribution is -0.120. The predicted molar refractivity (Wildman–Crippen MR) is 115 cm³/mol. The van der Waals surface area contributed by atoms with Gasteiger partial charge in [0.1, 0.15) is 5.03 Å². The number of amides is 2. The second-order valence-electron chi connectivity index (χ2n) is 6.45. The second-order valence-corrected chi connectivity index (χ2v) is 7.51. The number of rotatable bonds is 6. The summed E-state index contributed by atoms with van der Waals surface area (Å²) < 4.78 is 0. The molecule has 0 aliphatic heterocycles. The third kappa shape index (κ3) is 5.83. The molecule has 1 heterocycles. The molecule has 0 aliphatic rings. The van der Waals surface area contributed by atoms with Crippen molar-refractivity contribution in [1.82, 2.24) is 15.8 Å². The zero-order valence-electron chi connectivity index (χ0n) is 16.2. The minimum Gasteiger partial charge on any atom is -0.376 e. The van der Waals surface area contributed by atoms with Gasteiger partial charge in [-0.1, -0.05) is 47.7 Å². The Kier molecular flexibility index (Phi) is 6.86. The fourth-order valence-electron chi connectivity index (χ4n) is 2.67. The Labute approximate surface area is 174 Å². The Balaban J connectivity index is 1.56. The van der Waals surface area contributed by atoms with Crippen molar-refractivity contribution in [2.24, 2.45) is 0 Å². The Morgan fingerprint density at radius 1 is 0.966 bits per heavy atom. The molecule has 3 N–H and O–H groups in total. The minimum absolute atomic E-state index is 0.0445. The molecule has 6 nitrogen and oxygen atoms in total. The normalized spacial score (nSPS) is 10.3. The van der Waals surface area contributed by atoms with E-state index in [0.29, 0.717) is 10.6 Å². The molecule has 0 atom stereocenters. The largest absolute Gasteiger partial charge is 0.376 e. The van der Waals surface area contributed by atoms with Crippen LogP contribution in [0.15, 0.2) is 76.8 Å². The first-order chi connectivity index (χ1) is 14.0. The Morgan fingerprint density at radius 3 is 2.52 bits per heavy atom. The van der Waals surface area contributed by atoms with Crippen LogP contribution in [-0.4, -0.2) is 23.3 Å². The highest BCUT2D eigenvalue weighted by Crippen LogP contribution is 2.28. The summed E-state index contributed by atoms with van der Waals surface area (Å²) >= 11 is 1.39. The summed E-state index contributed by atoms with van der Waals surface area (Å²) in [6, 6.07) is 19.0. The van der Waals surface area contributed by atoms with Crippen LogP contribution in [-0.2, 0) is 4.79 Å². The Morgan fingerprint density at radius 2 is 1.76 bits per heavy atom. The first kappa shape index (κ1) is 20.4. The van der Waals surface area contributed by atoms with Crippen LogP contribution in [0.1, 0.15) is 21.5 Å². The van der Waals surface area contributed by atoms with Crippen molar-refractivity contribution >= 4 is 29.3 Å². The van der Waals surface area contributed by atoms with Crippen molar-refractivity contribution in [1.29, 1.82) is 0 Å². The summed E-state index contributed by atoms with van der Waals surface area (Å²) in [6.45, 7) is 4.04. The van der Waals surface area contributed by atoms with Crippen LogP contribution in [0.5, 0.6) is 0 Å². The van der Waals surface area contributed by atoms with Crippen LogP contribution in [0, 0.1) is 13.8 Å². The van der Waals surface area contributed by atoms with E-state index in [1.807, 2.05) is 62.4 Å². The summed E-state index contributed by atoms with van der Waals surface area (Å²) in [6.07, 6.45) is 1.63. The average Bonchev–Trinajstić information content (AvgIpc) is 2.72. The summed E-state index contributed by atoms with van der Waals surface area (Å²) in [4.78, 5) is 29.9. The highest BCUT2D eigenvalue weighted by atomic mass is 32.2. The van der Waals surface area contributed by atoms with Gasteiger partial charge >= 0.3 is 0 Å². The van der Waals surface area contributed by atoms with E-state index in [0.717, 1.165) is 21.7 Å². The van der Waals surface area contributed by atoms with E-state index in [1.54, 1.807) is 18.3 Å². The molecule has 7 heteroatoms. The van der Waals surface area contributed by atoms with Crippen molar-refractivity contribution in [3.63, 3.8) is 0 Å². The van der Waals surface area contributed by atoms with Crippen molar-refractivity contribution in [3.8, 4) is 0 Å². The van der Waals surface area contributed by atoms with E-state index in [4.69, 9.17) is 0 Å². The molecule has 2 aromatic carbocycles. The van der Waals surface area contributed by atoms with Crippen molar-refractivity contribution in [2.75, 3.05) is 11.9 Å². The molecule has 0 spiro atoms. The number of nitrogens with one attached hydrogen (secondary N) is 3. The van der Waals surface area contributed by atoms with Gasteiger partial charge in [-0.05, 0) is 49.7 Å². The van der Waals surface area contributed by atoms with E-state index >= 15 is 0 Å². The number of hydrogen-bond donors (Lipinski definition) is 3. The molecule has 3 aromatic rings. The molecule has 3 rings (SSSR count). The van der Waals surface area contributed by atoms with Crippen molar-refractivity contribution in [3.05, 3.63) is 83.6 Å². The van der Waals surface area contributed by atoms with Gasteiger partial charge in [0, 0.05) is 16.8 Å². The maximum absolute atomic E-state index is 12.5. The van der Waals surface area contributed by atoms with Gasteiger partial charge in [-0.3, -0.25) is 20.4 Å². The summed E-state index contributed by atoms with van der Waals surface area (Å²) in [5.74, 6) is -0.768. The lowest BCUT2D eigenvalue weighted by Gasteiger charge is -2.12. The Bertz CT molecular complexity index is 1010. The molecule has 29 heavy (non-hydrogen) atoms. The molecule has 0 unspecified atom stereocenters. The minimum atomic E-state index is -0.420. The molecule has 0 saturated heterocycles. The first-order valence-electron chi connectivity index (χ1n) is 9.11. The molecule has 1 aromatic heterocycles. The summed E-state index contributed by atoms with van der Waals surface area (Å²) in [5, 5.41) is 3.64. The lowest BCUT2D eigenvalue weighted by Crippen LogP contribution is -2.44. The second kappa shape index (κ2) is 9.75. The number of carbonyl (C=O) groups excluding carboxylic acids is 2. The molecule has 148 valence electrons. The number of aryl methyl sites for hydroxylation is 2. The molecular formula is C22H22N4O2S. The number of carbonyl (C=O) groups is 2. The van der Waals surface area contributed by atoms with Gasteiger partial charge in [0.2, 0.25) is 0 Å². The number of anilines is 1. The van der Waals surface area contributed by atoms with Gasteiger partial charge in [-0.2, -0.15) is 0 Å². The van der Waals surface area contributed by atoms with E-state index < -0.39 is 5.91 Å². The topological polar surface area (TPSA) is 83.1 Å². The Hall–Kier alpha value is -3.32. The van der Waals surface area contributed by atoms with Crippen LogP contribution in [0.3, 0.4) is 0 Å². The van der Waals surface area contributed by atoms with Crippen molar-refractivity contribution in [2.45, 2.75) is 23.8 Å². The van der Waals surface area contributed by atoms with E-state index in [-0.39, 0.29) is 12.5 Å². The smallest absolute Gasteiger partial charge is 0.272 e. The van der Waals surface area contributed by atoms with E-state index in [1.165, 1.54) is 11.8 Å². The highest BCUT2D eigenvalue weighted by Gasteiger charge is 2.14. The number of pyridine rings is 1. The number of benzene rings is 2. The third-order valence-corrected chi connectivity index (χ3v) is 5.14. The molecule has 0 saturated carbocycles. The lowest BCUT2D eigenvalue weighted by atomic mass is 10.1. The van der Waals surface area contributed by atoms with E-state index in [9.17, 15) is 9.59 Å². The third-order valence-electron chi connectivity index (χ3n) is 4.11. The first-order valence-corrected chi connectivity index (χ1v) is 9.93. The quantitative estimate of drug-likeness (QED) is 0.544. The van der Waals surface area contributed by atoms with Gasteiger partial charge in [0.05, 0.1) is 12.1 Å². The summed E-state index contributed by atoms with van der Waals surface area (Å²) in [5.41, 5.74) is 8.37. The van der Waals surface area contributed by atoms with Crippen LogP contribution in [0.25, 0.3) is 0 Å². The maximum atomic E-state index is 12.5. The van der Waals surface area contributed by atoms with Gasteiger partial charge < -0.3 is 5.32 Å². The number of hydrazine groups is 1. The number of aromatic nitrogens is 1. The molecule has 0 bridgehead atoms. The SMILES string of the molecule is Cc1ccc(NCC(=O)NNC(=O)c2cccnc2Sc2ccccc2)c(C)c1. The molecular weight excluding hydrogens is 384 g/mol. The number of hydrogen-bond acceptors (Lipinski definition) is 5. The predicted octanol–water partition coefficient (Wildman–Crippen LogP) is 3.72. The van der Waals surface area contributed by atoms with E-state index in [2.05, 4.69) is 21.2 Å². The molecule has 0 fully saturated rings. The fourth-order valence-corrected chi connectivity index (χ4v) is 3.57. The van der Waals surface area contributed by atoms with Gasteiger partial charge in [-0.15, -0.1) is 0 Å². The number of nitrogens with zero attached hydrogens (tertiary/aromatic N) is 1. The van der Waals surface area contributed by atoms with Crippen molar-refractivity contribution < 1.29 is 9.59 Å². The fraction of sp³-hybridized carbons (Fsp3) is 0.136. The van der Waals surface area contributed by atoms with Crippen LogP contribution >= 0.6 is 11.8 Å². The van der Waals surface area contributed by atoms with Gasteiger partial charge in [-0.25, -0.2) is 4.98 Å². The standard InChI is InChI=1S/C22H22N4O2S/c1-15-10-11-19(16(2)13-15)24-14-20(27)25-26-21(28)18-9-6-12-23-22(18)29-17-7-4-3-5-8-17/h3-13,24H,14H2,1-2H3,(H,25,27)(H,26,28).